The number of benzene rings is 2. The van der Waals surface area contributed by atoms with Crippen LogP contribution in [0.15, 0.2) is 65.7 Å². The molecule has 3 amide bonds. The van der Waals surface area contributed by atoms with E-state index in [1.165, 1.54) is 23.0 Å². The summed E-state index contributed by atoms with van der Waals surface area (Å²) in [6, 6.07) is 13.8. The zero-order valence-electron chi connectivity index (χ0n) is 21.2. The van der Waals surface area contributed by atoms with Gasteiger partial charge in [-0.25, -0.2) is 4.98 Å². The van der Waals surface area contributed by atoms with Gasteiger partial charge in [0.05, 0.1) is 24.1 Å². The molecule has 5 atom stereocenters. The molecule has 0 aliphatic carbocycles. The Kier molecular flexibility index (Phi) is 6.67. The summed E-state index contributed by atoms with van der Waals surface area (Å²) in [5.41, 5.74) is 0.0956. The van der Waals surface area contributed by atoms with Gasteiger partial charge in [-0.3, -0.25) is 38.9 Å². The maximum atomic E-state index is 13.7. The van der Waals surface area contributed by atoms with E-state index in [1.807, 2.05) is 0 Å². The average Bonchev–Trinajstić information content (AvgIpc) is 3.60. The molecule has 5 N–H and O–H groups in total. The highest BCUT2D eigenvalue weighted by atomic mass is 16.6. The molecule has 2 aliphatic rings. The zero-order chi connectivity index (χ0) is 28.8. The number of hydrogen-bond donors (Lipinski definition) is 5. The first-order valence-electron chi connectivity index (χ1n) is 12.7. The number of nitrogens with one attached hydrogen (secondary N) is 2. The smallest absolute Gasteiger partial charge is 0.280 e. The molecule has 4 heterocycles. The Morgan fingerprint density at radius 1 is 1.00 bits per heavy atom. The number of imide groups is 1. The standard InChI is InChI=1S/C27H24N6O8/c34-11-17-19(35)20(36)26(41-17)32-12-28-18-21(32)29-27(31-23(18)38)30-22(37)16(10-13-6-2-1-3-7-13)33-24(39)14-8-4-5-9-15(14)25(33)40/h1-9,12,16-17,19-20,26,34-36H,10-11H2,(H2,29,30,31,37,38)/t16-,17-,19+,20+,26-/m1/s1. The zero-order valence-corrected chi connectivity index (χ0v) is 21.2. The third-order valence-electron chi connectivity index (χ3n) is 7.18. The van der Waals surface area contributed by atoms with E-state index < -0.39 is 60.5 Å². The van der Waals surface area contributed by atoms with Crippen LogP contribution in [0.2, 0.25) is 0 Å². The first-order chi connectivity index (χ1) is 19.8. The van der Waals surface area contributed by atoms with Gasteiger partial charge in [-0.2, -0.15) is 4.98 Å². The molecule has 4 aromatic rings. The maximum absolute atomic E-state index is 13.7. The molecular formula is C27H24N6O8. The van der Waals surface area contributed by atoms with E-state index in [0.717, 1.165) is 4.90 Å². The normalized spacial score (nSPS) is 22.8. The highest BCUT2D eigenvalue weighted by Gasteiger charge is 2.45. The molecule has 0 saturated carbocycles. The Morgan fingerprint density at radius 3 is 2.29 bits per heavy atom. The van der Waals surface area contributed by atoms with Crippen molar-refractivity contribution in [2.75, 3.05) is 11.9 Å². The molecule has 0 radical (unpaired) electrons. The fourth-order valence-corrected chi connectivity index (χ4v) is 5.11. The number of H-pyrrole nitrogens is 1. The van der Waals surface area contributed by atoms with Crippen LogP contribution in [-0.2, 0) is 16.0 Å². The third kappa shape index (κ3) is 4.48. The number of aliphatic hydroxyl groups is 3. The average molecular weight is 561 g/mol. The van der Waals surface area contributed by atoms with Gasteiger partial charge in [-0.05, 0) is 17.7 Å². The van der Waals surface area contributed by atoms with Gasteiger partial charge in [0.15, 0.2) is 17.4 Å². The van der Waals surface area contributed by atoms with Crippen molar-refractivity contribution in [3.8, 4) is 0 Å². The predicted molar refractivity (Wildman–Crippen MR) is 141 cm³/mol. The first-order valence-corrected chi connectivity index (χ1v) is 12.7. The number of aromatic nitrogens is 4. The van der Waals surface area contributed by atoms with Crippen LogP contribution >= 0.6 is 0 Å². The van der Waals surface area contributed by atoms with Crippen LogP contribution in [0, 0.1) is 0 Å². The van der Waals surface area contributed by atoms with Gasteiger partial charge in [0, 0.05) is 6.42 Å². The van der Waals surface area contributed by atoms with Gasteiger partial charge in [0.1, 0.15) is 24.4 Å². The Labute approximate surface area is 230 Å². The van der Waals surface area contributed by atoms with Crippen molar-refractivity contribution >= 4 is 34.8 Å². The van der Waals surface area contributed by atoms with Crippen molar-refractivity contribution in [3.63, 3.8) is 0 Å². The number of imidazole rings is 1. The Balaban J connectivity index is 1.34. The number of carbonyl (C=O) groups is 3. The van der Waals surface area contributed by atoms with Gasteiger partial charge < -0.3 is 20.1 Å². The topological polar surface area (TPSA) is 200 Å². The molecule has 41 heavy (non-hydrogen) atoms. The van der Waals surface area contributed by atoms with Crippen molar-refractivity contribution in [1.29, 1.82) is 0 Å². The van der Waals surface area contributed by atoms with Gasteiger partial charge in [-0.15, -0.1) is 0 Å². The van der Waals surface area contributed by atoms with E-state index in [-0.39, 0.29) is 34.7 Å². The van der Waals surface area contributed by atoms with Crippen molar-refractivity contribution in [2.45, 2.75) is 37.0 Å². The Morgan fingerprint density at radius 2 is 1.66 bits per heavy atom. The number of carbonyl (C=O) groups excluding carboxylic acids is 3. The quantitative estimate of drug-likeness (QED) is 0.185. The van der Waals surface area contributed by atoms with Gasteiger partial charge in [0.2, 0.25) is 11.9 Å². The SMILES string of the molecule is O=C(Nc1nc2c(ncn2[C@@H]2O[C@H](CO)[C@H](O)[C@@H]2O)c(=O)[nH]1)[C@@H](Cc1ccccc1)N1C(=O)c2ccccc2C1=O. The summed E-state index contributed by atoms with van der Waals surface area (Å²) in [6.45, 7) is -0.558. The molecule has 14 heteroatoms. The molecule has 14 nitrogen and oxygen atoms in total. The van der Waals surface area contributed by atoms with E-state index in [1.54, 1.807) is 42.5 Å². The number of ether oxygens (including phenoxy) is 1. The number of amides is 3. The summed E-state index contributed by atoms with van der Waals surface area (Å²) in [5.74, 6) is -2.34. The van der Waals surface area contributed by atoms with Gasteiger partial charge in [-0.1, -0.05) is 42.5 Å². The molecule has 6 rings (SSSR count). The Bertz CT molecular complexity index is 1680. The van der Waals surface area contributed by atoms with Gasteiger partial charge >= 0.3 is 0 Å². The number of aromatic amines is 1. The van der Waals surface area contributed by atoms with E-state index in [2.05, 4.69) is 20.3 Å². The van der Waals surface area contributed by atoms with Crippen molar-refractivity contribution in [1.82, 2.24) is 24.4 Å². The molecule has 1 saturated heterocycles. The molecule has 1 fully saturated rings. The van der Waals surface area contributed by atoms with Crippen LogP contribution in [0.3, 0.4) is 0 Å². The first kappa shape index (κ1) is 26.5. The molecule has 210 valence electrons. The fraction of sp³-hybridized carbons (Fsp3) is 0.259. The summed E-state index contributed by atoms with van der Waals surface area (Å²) in [5, 5.41) is 32.5. The molecule has 2 aromatic carbocycles. The number of anilines is 1. The molecule has 2 aliphatic heterocycles. The summed E-state index contributed by atoms with van der Waals surface area (Å²) in [6.07, 6.45) is -4.00. The van der Waals surface area contributed by atoms with E-state index in [9.17, 15) is 34.5 Å². The number of hydrogen-bond acceptors (Lipinski definition) is 10. The van der Waals surface area contributed by atoms with Crippen LogP contribution in [0.5, 0.6) is 0 Å². The Hall–Kier alpha value is -4.76. The largest absolute Gasteiger partial charge is 0.394 e. The predicted octanol–water partition coefficient (Wildman–Crippen LogP) is -0.423. The molecule has 0 unspecified atom stereocenters. The molecule has 0 spiro atoms. The van der Waals surface area contributed by atoms with E-state index in [0.29, 0.717) is 5.56 Å². The third-order valence-corrected chi connectivity index (χ3v) is 7.18. The van der Waals surface area contributed by atoms with Crippen LogP contribution in [0.4, 0.5) is 5.95 Å². The second-order valence-corrected chi connectivity index (χ2v) is 9.69. The summed E-state index contributed by atoms with van der Waals surface area (Å²) in [4.78, 5) is 64.6. The number of fused-ring (bicyclic) bond motifs is 2. The fourth-order valence-electron chi connectivity index (χ4n) is 5.11. The van der Waals surface area contributed by atoms with Crippen molar-refractivity contribution < 1.29 is 34.4 Å². The lowest BCUT2D eigenvalue weighted by Crippen LogP contribution is -2.48. The molecule has 0 bridgehead atoms. The molecular weight excluding hydrogens is 536 g/mol. The highest BCUT2D eigenvalue weighted by molar-refractivity contribution is 6.23. The van der Waals surface area contributed by atoms with Crippen molar-refractivity contribution in [3.05, 3.63) is 88.0 Å². The summed E-state index contributed by atoms with van der Waals surface area (Å²) >= 11 is 0. The lowest BCUT2D eigenvalue weighted by Gasteiger charge is -2.25. The van der Waals surface area contributed by atoms with E-state index in [4.69, 9.17) is 4.74 Å². The van der Waals surface area contributed by atoms with Crippen LogP contribution < -0.4 is 10.9 Å². The maximum Gasteiger partial charge on any atom is 0.280 e. The number of rotatable bonds is 7. The summed E-state index contributed by atoms with van der Waals surface area (Å²) < 4.78 is 6.73. The highest BCUT2D eigenvalue weighted by Crippen LogP contribution is 2.31. The second-order valence-electron chi connectivity index (χ2n) is 9.69. The monoisotopic (exact) mass is 560 g/mol. The lowest BCUT2D eigenvalue weighted by atomic mass is 10.0. The minimum absolute atomic E-state index is 0.00884. The van der Waals surface area contributed by atoms with Gasteiger partial charge in [0.25, 0.3) is 17.4 Å². The summed E-state index contributed by atoms with van der Waals surface area (Å²) in [7, 11) is 0. The lowest BCUT2D eigenvalue weighted by molar-refractivity contribution is -0.120. The second kappa shape index (κ2) is 10.3. The minimum atomic E-state index is -1.47. The van der Waals surface area contributed by atoms with E-state index >= 15 is 0 Å². The van der Waals surface area contributed by atoms with Crippen molar-refractivity contribution in [2.24, 2.45) is 0 Å². The minimum Gasteiger partial charge on any atom is -0.394 e. The van der Waals surface area contributed by atoms with Crippen LogP contribution in [-0.4, -0.2) is 88.4 Å². The van der Waals surface area contributed by atoms with Crippen LogP contribution in [0.1, 0.15) is 32.5 Å². The number of aliphatic hydroxyl groups excluding tert-OH is 3. The number of nitrogens with zero attached hydrogens (tertiary/aromatic N) is 4. The van der Waals surface area contributed by atoms with Crippen LogP contribution in [0.25, 0.3) is 11.2 Å². The molecule has 2 aromatic heterocycles.